The van der Waals surface area contributed by atoms with Crippen LogP contribution in [0, 0.1) is 0 Å². The molecule has 0 saturated heterocycles. The Kier molecular flexibility index (Phi) is 3.83. The standard InChI is InChI=1S/C11H11N3O3S/c1-17-8-4-2-3-7(5-8)10-12-11(14-13-10)18-6-9(15)16/h2-5H,6H2,1H3,(H,15,16)(H,12,13,14). The van der Waals surface area contributed by atoms with Crippen molar-refractivity contribution in [3.63, 3.8) is 0 Å². The van der Waals surface area contributed by atoms with Gasteiger partial charge in [-0.3, -0.25) is 4.79 Å². The van der Waals surface area contributed by atoms with Gasteiger partial charge >= 0.3 is 5.97 Å². The number of H-pyrrole nitrogens is 1. The van der Waals surface area contributed by atoms with E-state index in [2.05, 4.69) is 15.2 Å². The molecule has 0 aliphatic heterocycles. The quantitative estimate of drug-likeness (QED) is 0.799. The zero-order valence-corrected chi connectivity index (χ0v) is 10.4. The second-order valence-corrected chi connectivity index (χ2v) is 4.36. The first-order chi connectivity index (χ1) is 8.69. The number of carboxylic acids is 1. The summed E-state index contributed by atoms with van der Waals surface area (Å²) in [7, 11) is 1.59. The number of hydrogen-bond acceptors (Lipinski definition) is 5. The van der Waals surface area contributed by atoms with Gasteiger partial charge in [0.25, 0.3) is 0 Å². The van der Waals surface area contributed by atoms with Gasteiger partial charge in [-0.25, -0.2) is 0 Å². The molecule has 1 heterocycles. The van der Waals surface area contributed by atoms with Crippen molar-refractivity contribution in [1.82, 2.24) is 15.2 Å². The normalized spacial score (nSPS) is 10.3. The minimum absolute atomic E-state index is 0.0489. The SMILES string of the molecule is COc1cccc(-c2nnc(SCC(=O)O)[nH]2)c1. The predicted molar refractivity (Wildman–Crippen MR) is 66.7 cm³/mol. The summed E-state index contributed by atoms with van der Waals surface area (Å²) >= 11 is 1.09. The van der Waals surface area contributed by atoms with Crippen LogP contribution in [0.5, 0.6) is 5.75 Å². The van der Waals surface area contributed by atoms with E-state index in [-0.39, 0.29) is 5.75 Å². The largest absolute Gasteiger partial charge is 0.497 e. The number of nitrogens with one attached hydrogen (secondary N) is 1. The molecule has 2 aromatic rings. The van der Waals surface area contributed by atoms with Crippen LogP contribution in [0.2, 0.25) is 0 Å². The molecule has 0 saturated carbocycles. The Morgan fingerprint density at radius 2 is 2.33 bits per heavy atom. The van der Waals surface area contributed by atoms with Crippen molar-refractivity contribution in [2.45, 2.75) is 5.16 Å². The van der Waals surface area contributed by atoms with E-state index in [1.165, 1.54) is 0 Å². The highest BCUT2D eigenvalue weighted by atomic mass is 32.2. The molecule has 0 spiro atoms. The van der Waals surface area contributed by atoms with Gasteiger partial charge < -0.3 is 14.8 Å². The molecule has 0 radical (unpaired) electrons. The fourth-order valence-electron chi connectivity index (χ4n) is 1.34. The number of nitrogens with zero attached hydrogens (tertiary/aromatic N) is 2. The van der Waals surface area contributed by atoms with E-state index in [9.17, 15) is 4.79 Å². The Balaban J connectivity index is 2.15. The highest BCUT2D eigenvalue weighted by molar-refractivity contribution is 7.99. The molecule has 0 atom stereocenters. The monoisotopic (exact) mass is 265 g/mol. The first-order valence-corrected chi connectivity index (χ1v) is 6.09. The number of benzene rings is 1. The summed E-state index contributed by atoms with van der Waals surface area (Å²) in [6, 6.07) is 7.38. The van der Waals surface area contributed by atoms with Crippen LogP contribution in [-0.2, 0) is 4.79 Å². The molecule has 1 aromatic carbocycles. The topological polar surface area (TPSA) is 88.1 Å². The molecule has 0 bridgehead atoms. The first-order valence-electron chi connectivity index (χ1n) is 5.11. The number of aliphatic carboxylic acids is 1. The third-order valence-electron chi connectivity index (χ3n) is 2.14. The Hall–Kier alpha value is -2.02. The van der Waals surface area contributed by atoms with Crippen molar-refractivity contribution in [3.05, 3.63) is 24.3 Å². The zero-order valence-electron chi connectivity index (χ0n) is 9.58. The fourth-order valence-corrected chi connectivity index (χ4v) is 1.87. The molecule has 0 amide bonds. The van der Waals surface area contributed by atoms with Crippen LogP contribution < -0.4 is 4.74 Å². The smallest absolute Gasteiger partial charge is 0.313 e. The third kappa shape index (κ3) is 3.01. The molecular formula is C11H11N3O3S. The molecule has 18 heavy (non-hydrogen) atoms. The van der Waals surface area contributed by atoms with E-state index in [0.29, 0.717) is 11.0 Å². The number of aromatic nitrogens is 3. The second kappa shape index (κ2) is 5.54. The second-order valence-electron chi connectivity index (χ2n) is 3.39. The Morgan fingerprint density at radius 3 is 3.06 bits per heavy atom. The summed E-state index contributed by atoms with van der Waals surface area (Å²) in [5.41, 5.74) is 0.837. The van der Waals surface area contributed by atoms with E-state index in [0.717, 1.165) is 23.1 Å². The van der Waals surface area contributed by atoms with Gasteiger partial charge in [-0.1, -0.05) is 23.9 Å². The molecule has 0 unspecified atom stereocenters. The summed E-state index contributed by atoms with van der Waals surface area (Å²) in [5, 5.41) is 16.9. The average Bonchev–Trinajstić information content (AvgIpc) is 2.85. The highest BCUT2D eigenvalue weighted by Crippen LogP contribution is 2.22. The highest BCUT2D eigenvalue weighted by Gasteiger charge is 2.08. The van der Waals surface area contributed by atoms with Gasteiger partial charge in [0.05, 0.1) is 12.9 Å². The van der Waals surface area contributed by atoms with Crippen LogP contribution in [0.1, 0.15) is 0 Å². The maximum Gasteiger partial charge on any atom is 0.313 e. The molecule has 0 fully saturated rings. The summed E-state index contributed by atoms with van der Waals surface area (Å²) in [6.45, 7) is 0. The third-order valence-corrected chi connectivity index (χ3v) is 2.99. The van der Waals surface area contributed by atoms with Gasteiger partial charge in [-0.05, 0) is 12.1 Å². The maximum atomic E-state index is 10.4. The van der Waals surface area contributed by atoms with Crippen LogP contribution in [0.3, 0.4) is 0 Å². The molecule has 6 nitrogen and oxygen atoms in total. The van der Waals surface area contributed by atoms with Crippen molar-refractivity contribution in [1.29, 1.82) is 0 Å². The number of ether oxygens (including phenoxy) is 1. The van der Waals surface area contributed by atoms with Crippen LogP contribution in [0.25, 0.3) is 11.4 Å². The van der Waals surface area contributed by atoms with Crippen molar-refractivity contribution < 1.29 is 14.6 Å². The molecule has 94 valence electrons. The summed E-state index contributed by atoms with van der Waals surface area (Å²) in [4.78, 5) is 13.4. The number of methoxy groups -OCH3 is 1. The first kappa shape index (κ1) is 12.4. The van der Waals surface area contributed by atoms with Gasteiger partial charge in [0, 0.05) is 5.56 Å². The predicted octanol–water partition coefficient (Wildman–Crippen LogP) is 1.66. The van der Waals surface area contributed by atoms with Gasteiger partial charge in [0.1, 0.15) is 5.75 Å². The van der Waals surface area contributed by atoms with Crippen molar-refractivity contribution in [2.24, 2.45) is 0 Å². The Bertz CT molecular complexity index is 556. The van der Waals surface area contributed by atoms with Crippen LogP contribution >= 0.6 is 11.8 Å². The minimum atomic E-state index is -0.890. The number of rotatable bonds is 5. The number of thioether (sulfide) groups is 1. The summed E-state index contributed by atoms with van der Waals surface area (Å²) in [5.74, 6) is 0.372. The van der Waals surface area contributed by atoms with Gasteiger partial charge in [0.2, 0.25) is 0 Å². The van der Waals surface area contributed by atoms with E-state index in [1.54, 1.807) is 7.11 Å². The average molecular weight is 265 g/mol. The zero-order chi connectivity index (χ0) is 13.0. The van der Waals surface area contributed by atoms with E-state index < -0.39 is 5.97 Å². The lowest BCUT2D eigenvalue weighted by molar-refractivity contribution is -0.133. The maximum absolute atomic E-state index is 10.4. The van der Waals surface area contributed by atoms with Crippen molar-refractivity contribution >= 4 is 17.7 Å². The Labute approximate surface area is 107 Å². The van der Waals surface area contributed by atoms with Crippen molar-refractivity contribution in [2.75, 3.05) is 12.9 Å². The van der Waals surface area contributed by atoms with E-state index in [1.807, 2.05) is 24.3 Å². The summed E-state index contributed by atoms with van der Waals surface area (Å²) < 4.78 is 5.12. The number of carbonyl (C=O) groups is 1. The molecule has 0 aliphatic rings. The molecule has 2 N–H and O–H groups in total. The number of aromatic amines is 1. The number of hydrogen-bond donors (Lipinski definition) is 2. The molecule has 7 heteroatoms. The molecular weight excluding hydrogens is 254 g/mol. The van der Waals surface area contributed by atoms with Gasteiger partial charge in [0.15, 0.2) is 11.0 Å². The van der Waals surface area contributed by atoms with Crippen LogP contribution in [0.15, 0.2) is 29.4 Å². The van der Waals surface area contributed by atoms with Crippen LogP contribution in [-0.4, -0.2) is 39.1 Å². The number of carboxylic acid groups (broad SMARTS) is 1. The lowest BCUT2D eigenvalue weighted by atomic mass is 10.2. The summed E-state index contributed by atoms with van der Waals surface area (Å²) in [6.07, 6.45) is 0. The van der Waals surface area contributed by atoms with Gasteiger partial charge in [-0.2, -0.15) is 0 Å². The van der Waals surface area contributed by atoms with Crippen LogP contribution in [0.4, 0.5) is 0 Å². The molecule has 2 rings (SSSR count). The van der Waals surface area contributed by atoms with E-state index >= 15 is 0 Å². The van der Waals surface area contributed by atoms with E-state index in [4.69, 9.17) is 9.84 Å². The Morgan fingerprint density at radius 1 is 1.50 bits per heavy atom. The minimum Gasteiger partial charge on any atom is -0.497 e. The molecule has 1 aromatic heterocycles. The fraction of sp³-hybridized carbons (Fsp3) is 0.182. The lowest BCUT2D eigenvalue weighted by Gasteiger charge is -2.00. The molecule has 0 aliphatic carbocycles. The van der Waals surface area contributed by atoms with Crippen molar-refractivity contribution in [3.8, 4) is 17.1 Å². The van der Waals surface area contributed by atoms with Gasteiger partial charge in [-0.15, -0.1) is 10.2 Å². The lowest BCUT2D eigenvalue weighted by Crippen LogP contribution is -1.97.